The standard InChI is InChI=1S/C22H16ClF3N4O5S/c1-3-35-22(31)19-15-7-4-12(20(26)30(15)10-28-19)17-13(24)5-6-14(18(17)25)29-36(32,33)16-8-11(23)9-27-21(16)34-2/h4-10,29H,3H2,1-2H3. The van der Waals surface area contributed by atoms with Crippen LogP contribution < -0.4 is 9.46 Å². The number of benzene rings is 1. The number of hydrogen-bond donors (Lipinski definition) is 1. The molecule has 0 atom stereocenters. The SMILES string of the molecule is CCOC(=O)c1ncn2c(F)c(-c3c(F)ccc(NS(=O)(=O)c4cc(Cl)cnc4OC)c3F)ccc12. The number of methoxy groups -OCH3 is 1. The van der Waals surface area contributed by atoms with Crippen LogP contribution in [0.4, 0.5) is 18.9 Å². The van der Waals surface area contributed by atoms with Crippen molar-refractivity contribution >= 4 is 38.8 Å². The molecule has 3 heterocycles. The van der Waals surface area contributed by atoms with Crippen LogP contribution in [0.25, 0.3) is 16.6 Å². The van der Waals surface area contributed by atoms with E-state index in [1.165, 1.54) is 13.2 Å². The number of carbonyl (C=O) groups excluding carboxylic acids is 1. The lowest BCUT2D eigenvalue weighted by molar-refractivity contribution is 0.0522. The van der Waals surface area contributed by atoms with E-state index < -0.39 is 55.3 Å². The average molecular weight is 541 g/mol. The summed E-state index contributed by atoms with van der Waals surface area (Å²) in [6.45, 7) is 1.65. The summed E-state index contributed by atoms with van der Waals surface area (Å²) in [5, 5.41) is -0.0330. The van der Waals surface area contributed by atoms with Crippen LogP contribution >= 0.6 is 11.6 Å². The summed E-state index contributed by atoms with van der Waals surface area (Å²) in [7, 11) is -3.34. The number of fused-ring (bicyclic) bond motifs is 1. The molecule has 0 saturated carbocycles. The molecule has 4 rings (SSSR count). The summed E-state index contributed by atoms with van der Waals surface area (Å²) in [5.41, 5.74) is -2.25. The van der Waals surface area contributed by atoms with Crippen molar-refractivity contribution in [2.24, 2.45) is 0 Å². The Morgan fingerprint density at radius 3 is 2.61 bits per heavy atom. The number of anilines is 1. The van der Waals surface area contributed by atoms with Crippen LogP contribution in [0.15, 0.2) is 47.8 Å². The number of carbonyl (C=O) groups is 1. The average Bonchev–Trinajstić information content (AvgIpc) is 3.27. The van der Waals surface area contributed by atoms with Crippen LogP contribution in [0.3, 0.4) is 0 Å². The van der Waals surface area contributed by atoms with Gasteiger partial charge in [-0.15, -0.1) is 0 Å². The van der Waals surface area contributed by atoms with Crippen molar-refractivity contribution in [3.05, 3.63) is 71.2 Å². The third-order valence-electron chi connectivity index (χ3n) is 4.99. The normalized spacial score (nSPS) is 11.5. The number of sulfonamides is 1. The maximum Gasteiger partial charge on any atom is 0.359 e. The third kappa shape index (κ3) is 4.42. The van der Waals surface area contributed by atoms with E-state index >= 15 is 8.78 Å². The minimum absolute atomic E-state index is 0.00734. The first-order chi connectivity index (χ1) is 17.1. The molecule has 0 saturated heterocycles. The largest absolute Gasteiger partial charge is 0.480 e. The van der Waals surface area contributed by atoms with Gasteiger partial charge in [0.15, 0.2) is 16.4 Å². The lowest BCUT2D eigenvalue weighted by Gasteiger charge is -2.14. The van der Waals surface area contributed by atoms with Crippen molar-refractivity contribution < 1.29 is 35.9 Å². The summed E-state index contributed by atoms with van der Waals surface area (Å²) >= 11 is 5.83. The lowest BCUT2D eigenvalue weighted by atomic mass is 10.0. The van der Waals surface area contributed by atoms with E-state index in [4.69, 9.17) is 21.1 Å². The quantitative estimate of drug-likeness (QED) is 0.272. The molecule has 0 aliphatic rings. The van der Waals surface area contributed by atoms with Crippen LogP contribution in [0.5, 0.6) is 5.88 Å². The van der Waals surface area contributed by atoms with Gasteiger partial charge in [0.25, 0.3) is 10.0 Å². The Morgan fingerprint density at radius 1 is 1.17 bits per heavy atom. The Hall–Kier alpha value is -3.84. The fourth-order valence-corrected chi connectivity index (χ4v) is 4.84. The fraction of sp³-hybridized carbons (Fsp3) is 0.136. The van der Waals surface area contributed by atoms with E-state index in [0.717, 1.165) is 41.2 Å². The molecular formula is C22H16ClF3N4O5S. The molecule has 188 valence electrons. The first kappa shape index (κ1) is 25.3. The number of halogens is 4. The molecule has 0 amide bonds. The lowest BCUT2D eigenvalue weighted by Crippen LogP contribution is -2.16. The van der Waals surface area contributed by atoms with Crippen LogP contribution in [-0.4, -0.2) is 42.5 Å². The minimum atomic E-state index is -4.51. The van der Waals surface area contributed by atoms with E-state index in [2.05, 4.69) is 9.97 Å². The van der Waals surface area contributed by atoms with Gasteiger partial charge in [-0.25, -0.2) is 32.0 Å². The van der Waals surface area contributed by atoms with Gasteiger partial charge in [0.05, 0.1) is 35.5 Å². The summed E-state index contributed by atoms with van der Waals surface area (Å²) in [6.07, 6.45) is 2.11. The highest BCUT2D eigenvalue weighted by atomic mass is 35.5. The Bertz CT molecular complexity index is 1610. The predicted molar refractivity (Wildman–Crippen MR) is 123 cm³/mol. The van der Waals surface area contributed by atoms with Crippen molar-refractivity contribution in [3.63, 3.8) is 0 Å². The van der Waals surface area contributed by atoms with Gasteiger partial charge in [0, 0.05) is 11.8 Å². The maximum atomic E-state index is 15.4. The van der Waals surface area contributed by atoms with Crippen LogP contribution in [-0.2, 0) is 14.8 Å². The molecule has 1 aromatic carbocycles. The van der Waals surface area contributed by atoms with Crippen molar-refractivity contribution in [1.82, 2.24) is 14.4 Å². The van der Waals surface area contributed by atoms with E-state index in [-0.39, 0.29) is 28.7 Å². The molecule has 3 aromatic heterocycles. The molecule has 14 heteroatoms. The molecule has 36 heavy (non-hydrogen) atoms. The summed E-state index contributed by atoms with van der Waals surface area (Å²) < 4.78 is 83.9. The predicted octanol–water partition coefficient (Wildman–Crippen LogP) is 4.45. The van der Waals surface area contributed by atoms with Gasteiger partial charge < -0.3 is 9.47 Å². The van der Waals surface area contributed by atoms with Gasteiger partial charge in [-0.3, -0.25) is 9.12 Å². The van der Waals surface area contributed by atoms with E-state index in [0.29, 0.717) is 0 Å². The molecule has 4 aromatic rings. The van der Waals surface area contributed by atoms with Gasteiger partial charge in [0.2, 0.25) is 11.8 Å². The van der Waals surface area contributed by atoms with Gasteiger partial charge in [-0.05, 0) is 37.3 Å². The molecule has 0 radical (unpaired) electrons. The summed E-state index contributed by atoms with van der Waals surface area (Å²) in [6, 6.07) is 4.91. The third-order valence-corrected chi connectivity index (χ3v) is 6.55. The smallest absolute Gasteiger partial charge is 0.359 e. The molecule has 0 aliphatic carbocycles. The molecule has 0 aliphatic heterocycles. The highest BCUT2D eigenvalue weighted by Gasteiger charge is 2.27. The van der Waals surface area contributed by atoms with Crippen molar-refractivity contribution in [2.45, 2.75) is 11.8 Å². The number of nitrogens with one attached hydrogen (secondary N) is 1. The highest BCUT2D eigenvalue weighted by Crippen LogP contribution is 2.35. The first-order valence-corrected chi connectivity index (χ1v) is 12.0. The highest BCUT2D eigenvalue weighted by molar-refractivity contribution is 7.92. The number of pyridine rings is 2. The molecule has 0 unspecified atom stereocenters. The Kier molecular flexibility index (Phi) is 6.78. The van der Waals surface area contributed by atoms with Gasteiger partial charge >= 0.3 is 5.97 Å². The summed E-state index contributed by atoms with van der Waals surface area (Å²) in [4.78, 5) is 19.1. The van der Waals surface area contributed by atoms with E-state index in [9.17, 15) is 17.6 Å². The fourth-order valence-electron chi connectivity index (χ4n) is 3.41. The number of hydrogen-bond acceptors (Lipinski definition) is 7. The zero-order valence-corrected chi connectivity index (χ0v) is 20.1. The second-order valence-corrected chi connectivity index (χ2v) is 9.24. The topological polar surface area (TPSA) is 112 Å². The molecule has 0 spiro atoms. The minimum Gasteiger partial charge on any atom is -0.480 e. The van der Waals surface area contributed by atoms with Crippen molar-refractivity contribution in [2.75, 3.05) is 18.4 Å². The summed E-state index contributed by atoms with van der Waals surface area (Å²) in [5.74, 6) is -4.82. The van der Waals surface area contributed by atoms with Crippen LogP contribution in [0.1, 0.15) is 17.4 Å². The van der Waals surface area contributed by atoms with E-state index in [1.54, 1.807) is 6.92 Å². The van der Waals surface area contributed by atoms with Crippen molar-refractivity contribution in [1.29, 1.82) is 0 Å². The van der Waals surface area contributed by atoms with Crippen LogP contribution in [0.2, 0.25) is 5.02 Å². The Balaban J connectivity index is 1.80. The maximum absolute atomic E-state index is 15.4. The number of rotatable bonds is 7. The second-order valence-electron chi connectivity index (χ2n) is 7.16. The number of nitrogens with zero attached hydrogens (tertiary/aromatic N) is 3. The van der Waals surface area contributed by atoms with E-state index in [1.807, 2.05) is 4.72 Å². The van der Waals surface area contributed by atoms with Gasteiger partial charge in [0.1, 0.15) is 12.1 Å². The first-order valence-electron chi connectivity index (χ1n) is 10.1. The molecule has 1 N–H and O–H groups in total. The molecule has 9 nitrogen and oxygen atoms in total. The Morgan fingerprint density at radius 2 is 1.92 bits per heavy atom. The van der Waals surface area contributed by atoms with Crippen LogP contribution in [0, 0.1) is 17.6 Å². The molecule has 0 fully saturated rings. The second kappa shape index (κ2) is 9.66. The number of imidazole rings is 1. The van der Waals surface area contributed by atoms with Crippen molar-refractivity contribution in [3.8, 4) is 17.0 Å². The van der Waals surface area contributed by atoms with Gasteiger partial charge in [-0.1, -0.05) is 11.6 Å². The zero-order chi connectivity index (χ0) is 26.2. The molecule has 0 bridgehead atoms. The monoisotopic (exact) mass is 540 g/mol. The Labute approximate surface area is 207 Å². The molecular weight excluding hydrogens is 525 g/mol. The zero-order valence-electron chi connectivity index (χ0n) is 18.6. The number of aromatic nitrogens is 3. The number of ether oxygens (including phenoxy) is 2. The number of esters is 1. The van der Waals surface area contributed by atoms with Gasteiger partial charge in [-0.2, -0.15) is 4.39 Å².